The number of hydrogen-bond donors (Lipinski definition) is 2. The Balaban J connectivity index is 2.00. The molecule has 0 unspecified atom stereocenters. The fourth-order valence-corrected chi connectivity index (χ4v) is 2.92. The Kier molecular flexibility index (Phi) is 3.92. The van der Waals surface area contributed by atoms with Crippen LogP contribution in [0.4, 0.5) is 24.5 Å². The van der Waals surface area contributed by atoms with Crippen LogP contribution in [0.2, 0.25) is 0 Å². The van der Waals surface area contributed by atoms with E-state index in [2.05, 4.69) is 5.32 Å². The molecule has 0 amide bonds. The van der Waals surface area contributed by atoms with Crippen molar-refractivity contribution in [1.29, 1.82) is 0 Å². The SMILES string of the molecule is O=[N+]([O-])c1ccc(N[C@H]2c3ccccc3C[C@H]2O)c(C(F)(F)F)c1. The van der Waals surface area contributed by atoms with Crippen LogP contribution < -0.4 is 5.32 Å². The Morgan fingerprint density at radius 1 is 1.21 bits per heavy atom. The number of hydrogen-bond acceptors (Lipinski definition) is 4. The number of benzene rings is 2. The van der Waals surface area contributed by atoms with Crippen molar-refractivity contribution in [1.82, 2.24) is 0 Å². The van der Waals surface area contributed by atoms with Gasteiger partial charge in [-0.25, -0.2) is 0 Å². The van der Waals surface area contributed by atoms with Crippen LogP contribution in [0.3, 0.4) is 0 Å². The first-order chi connectivity index (χ1) is 11.3. The second-order valence-electron chi connectivity index (χ2n) is 5.58. The maximum Gasteiger partial charge on any atom is 0.418 e. The third kappa shape index (κ3) is 2.92. The molecule has 0 heterocycles. The lowest BCUT2D eigenvalue weighted by molar-refractivity contribution is -0.385. The lowest BCUT2D eigenvalue weighted by Gasteiger charge is -2.22. The van der Waals surface area contributed by atoms with E-state index in [-0.39, 0.29) is 5.69 Å². The highest BCUT2D eigenvalue weighted by Gasteiger charge is 2.37. The highest BCUT2D eigenvalue weighted by Crippen LogP contribution is 2.40. The first-order valence-corrected chi connectivity index (χ1v) is 7.15. The van der Waals surface area contributed by atoms with Gasteiger partial charge in [0.15, 0.2) is 0 Å². The average Bonchev–Trinajstić information content (AvgIpc) is 2.82. The molecule has 1 aliphatic carbocycles. The van der Waals surface area contributed by atoms with Gasteiger partial charge in [0.05, 0.1) is 22.6 Å². The zero-order valence-electron chi connectivity index (χ0n) is 12.2. The van der Waals surface area contributed by atoms with Crippen LogP contribution in [0.25, 0.3) is 0 Å². The summed E-state index contributed by atoms with van der Waals surface area (Å²) in [5.74, 6) is 0. The molecule has 0 aliphatic heterocycles. The summed E-state index contributed by atoms with van der Waals surface area (Å²) in [5, 5.41) is 23.6. The van der Waals surface area contributed by atoms with E-state index in [9.17, 15) is 28.4 Å². The second-order valence-corrected chi connectivity index (χ2v) is 5.58. The van der Waals surface area contributed by atoms with Gasteiger partial charge in [-0.05, 0) is 17.2 Å². The van der Waals surface area contributed by atoms with Gasteiger partial charge < -0.3 is 10.4 Å². The van der Waals surface area contributed by atoms with E-state index in [4.69, 9.17) is 0 Å². The van der Waals surface area contributed by atoms with Crippen LogP contribution in [-0.2, 0) is 12.6 Å². The van der Waals surface area contributed by atoms with Gasteiger partial charge in [0, 0.05) is 24.2 Å². The minimum atomic E-state index is -4.75. The number of nitro benzene ring substituents is 1. The number of aliphatic hydroxyl groups excluding tert-OH is 1. The van der Waals surface area contributed by atoms with Gasteiger partial charge >= 0.3 is 6.18 Å². The summed E-state index contributed by atoms with van der Waals surface area (Å²) < 4.78 is 39.7. The number of non-ortho nitro benzene ring substituents is 1. The Morgan fingerprint density at radius 3 is 2.58 bits per heavy atom. The molecule has 1 aliphatic rings. The summed E-state index contributed by atoms with van der Waals surface area (Å²) in [6.07, 6.45) is -5.29. The molecule has 0 fully saturated rings. The molecule has 0 spiro atoms. The molecule has 5 nitrogen and oxygen atoms in total. The number of rotatable bonds is 3. The minimum Gasteiger partial charge on any atom is -0.390 e. The molecular formula is C16H13F3N2O3. The van der Waals surface area contributed by atoms with E-state index in [1.165, 1.54) is 0 Å². The van der Waals surface area contributed by atoms with Gasteiger partial charge in [-0.3, -0.25) is 10.1 Å². The minimum absolute atomic E-state index is 0.297. The molecule has 8 heteroatoms. The summed E-state index contributed by atoms with van der Waals surface area (Å²) in [5.41, 5.74) is -0.489. The van der Waals surface area contributed by atoms with Gasteiger partial charge in [0.2, 0.25) is 0 Å². The van der Waals surface area contributed by atoms with E-state index in [0.29, 0.717) is 12.5 Å². The van der Waals surface area contributed by atoms with Crippen molar-refractivity contribution in [3.05, 3.63) is 69.3 Å². The topological polar surface area (TPSA) is 75.4 Å². The third-order valence-corrected chi connectivity index (χ3v) is 4.03. The largest absolute Gasteiger partial charge is 0.418 e. The van der Waals surface area contributed by atoms with Crippen molar-refractivity contribution in [2.75, 3.05) is 5.32 Å². The third-order valence-electron chi connectivity index (χ3n) is 4.03. The average molecular weight is 338 g/mol. The first-order valence-electron chi connectivity index (χ1n) is 7.15. The number of alkyl halides is 3. The van der Waals surface area contributed by atoms with Crippen LogP contribution in [-0.4, -0.2) is 16.1 Å². The molecule has 2 aromatic carbocycles. The van der Waals surface area contributed by atoms with Crippen LogP contribution in [0.15, 0.2) is 42.5 Å². The van der Waals surface area contributed by atoms with Crippen LogP contribution >= 0.6 is 0 Å². The number of nitrogens with zero attached hydrogens (tertiary/aromatic N) is 1. The van der Waals surface area contributed by atoms with Gasteiger partial charge in [0.1, 0.15) is 0 Å². The Labute approximate surface area is 134 Å². The fraction of sp³-hybridized carbons (Fsp3) is 0.250. The number of fused-ring (bicyclic) bond motifs is 1. The van der Waals surface area contributed by atoms with Crippen molar-refractivity contribution >= 4 is 11.4 Å². The van der Waals surface area contributed by atoms with Gasteiger partial charge in [-0.2, -0.15) is 13.2 Å². The highest BCUT2D eigenvalue weighted by atomic mass is 19.4. The molecular weight excluding hydrogens is 325 g/mol. The first kappa shape index (κ1) is 16.3. The Bertz CT molecular complexity index is 792. The van der Waals surface area contributed by atoms with Crippen molar-refractivity contribution in [2.24, 2.45) is 0 Å². The van der Waals surface area contributed by atoms with E-state index in [1.807, 2.05) is 0 Å². The standard InChI is InChI=1S/C16H13F3N2O3/c17-16(18,19)12-8-10(21(23)24)5-6-13(12)20-15-11-4-2-1-3-9(11)7-14(15)22/h1-6,8,14-15,20,22H,7H2/t14-,15+/m1/s1. The van der Waals surface area contributed by atoms with Crippen LogP contribution in [0, 0.1) is 10.1 Å². The van der Waals surface area contributed by atoms with Crippen molar-refractivity contribution in [2.45, 2.75) is 24.7 Å². The number of nitrogens with one attached hydrogen (secondary N) is 1. The normalized spacial score (nSPS) is 19.8. The van der Waals surface area contributed by atoms with Crippen LogP contribution in [0.1, 0.15) is 22.7 Å². The zero-order chi connectivity index (χ0) is 17.5. The van der Waals surface area contributed by atoms with E-state index < -0.39 is 34.5 Å². The smallest absolute Gasteiger partial charge is 0.390 e. The predicted molar refractivity (Wildman–Crippen MR) is 80.6 cm³/mol. The summed E-state index contributed by atoms with van der Waals surface area (Å²) in [4.78, 5) is 9.85. The van der Waals surface area contributed by atoms with Crippen LogP contribution in [0.5, 0.6) is 0 Å². The lowest BCUT2D eigenvalue weighted by atomic mass is 10.1. The number of nitro groups is 1. The lowest BCUT2D eigenvalue weighted by Crippen LogP contribution is -2.23. The summed E-state index contributed by atoms with van der Waals surface area (Å²) >= 11 is 0. The quantitative estimate of drug-likeness (QED) is 0.661. The second kappa shape index (κ2) is 5.79. The molecule has 0 bridgehead atoms. The molecule has 2 aromatic rings. The highest BCUT2D eigenvalue weighted by molar-refractivity contribution is 5.59. The molecule has 0 aromatic heterocycles. The maximum atomic E-state index is 13.2. The molecule has 24 heavy (non-hydrogen) atoms. The Morgan fingerprint density at radius 2 is 1.92 bits per heavy atom. The van der Waals surface area contributed by atoms with Gasteiger partial charge in [-0.15, -0.1) is 0 Å². The number of anilines is 1. The molecule has 2 N–H and O–H groups in total. The van der Waals surface area contributed by atoms with Crippen molar-refractivity contribution in [3.63, 3.8) is 0 Å². The molecule has 0 saturated carbocycles. The number of aliphatic hydroxyl groups is 1. The summed E-state index contributed by atoms with van der Waals surface area (Å²) in [6, 6.07) is 8.90. The molecule has 3 rings (SSSR count). The monoisotopic (exact) mass is 338 g/mol. The molecule has 2 atom stereocenters. The van der Waals surface area contributed by atoms with Crippen molar-refractivity contribution < 1.29 is 23.2 Å². The summed E-state index contributed by atoms with van der Waals surface area (Å²) in [6.45, 7) is 0. The van der Waals surface area contributed by atoms with E-state index in [1.54, 1.807) is 24.3 Å². The molecule has 0 radical (unpaired) electrons. The van der Waals surface area contributed by atoms with Crippen molar-refractivity contribution in [3.8, 4) is 0 Å². The maximum absolute atomic E-state index is 13.2. The fourth-order valence-electron chi connectivity index (χ4n) is 2.92. The molecule has 0 saturated heterocycles. The van der Waals surface area contributed by atoms with Gasteiger partial charge in [-0.1, -0.05) is 24.3 Å². The predicted octanol–water partition coefficient (Wildman–Crippen LogP) is 3.68. The van der Waals surface area contributed by atoms with E-state index in [0.717, 1.165) is 23.3 Å². The van der Waals surface area contributed by atoms with Gasteiger partial charge in [0.25, 0.3) is 5.69 Å². The zero-order valence-corrected chi connectivity index (χ0v) is 12.2. The Hall–Kier alpha value is -2.61. The number of halogens is 3. The summed E-state index contributed by atoms with van der Waals surface area (Å²) in [7, 11) is 0. The van der Waals surface area contributed by atoms with E-state index >= 15 is 0 Å². The molecule has 126 valence electrons.